The molecule has 0 unspecified atom stereocenters. The van der Waals surface area contributed by atoms with E-state index in [0.717, 1.165) is 16.8 Å². The van der Waals surface area contributed by atoms with E-state index in [1.165, 1.54) is 0 Å². The van der Waals surface area contributed by atoms with Crippen molar-refractivity contribution in [3.8, 4) is 0 Å². The molecule has 0 saturated carbocycles. The lowest BCUT2D eigenvalue weighted by Crippen LogP contribution is -2.55. The standard InChI is InChI=1S/C20H29N3O4/c1-12(13-7-9-15-14(11-13)8-10-16(24)22-15)21-17(25)20(5,6)23-18(26)27-19(2,3)4/h7,9,11-12H,8,10H2,1-6H3,(H,21,25)(H,22,24)(H,23,26)/t12-/m0/s1. The van der Waals surface area contributed by atoms with Crippen LogP contribution in [0, 0.1) is 0 Å². The molecule has 1 aromatic rings. The van der Waals surface area contributed by atoms with Crippen molar-refractivity contribution in [2.24, 2.45) is 0 Å². The van der Waals surface area contributed by atoms with Crippen molar-refractivity contribution in [3.63, 3.8) is 0 Å². The Morgan fingerprint density at radius 2 is 1.81 bits per heavy atom. The lowest BCUT2D eigenvalue weighted by atomic mass is 9.97. The van der Waals surface area contributed by atoms with Gasteiger partial charge < -0.3 is 20.7 Å². The molecule has 148 valence electrons. The predicted octanol–water partition coefficient (Wildman–Crippen LogP) is 3.05. The predicted molar refractivity (Wildman–Crippen MR) is 103 cm³/mol. The number of hydrogen-bond acceptors (Lipinski definition) is 4. The fourth-order valence-corrected chi connectivity index (χ4v) is 2.75. The van der Waals surface area contributed by atoms with Crippen LogP contribution in [0.2, 0.25) is 0 Å². The molecule has 3 amide bonds. The number of benzene rings is 1. The molecule has 0 radical (unpaired) electrons. The number of anilines is 1. The fourth-order valence-electron chi connectivity index (χ4n) is 2.75. The van der Waals surface area contributed by atoms with Crippen LogP contribution in [0.25, 0.3) is 0 Å². The highest BCUT2D eigenvalue weighted by molar-refractivity contribution is 5.94. The number of amides is 3. The van der Waals surface area contributed by atoms with E-state index in [1.54, 1.807) is 34.6 Å². The molecular formula is C20H29N3O4. The van der Waals surface area contributed by atoms with Crippen LogP contribution < -0.4 is 16.0 Å². The number of rotatable bonds is 4. The second kappa shape index (κ2) is 7.58. The molecule has 1 atom stereocenters. The lowest BCUT2D eigenvalue weighted by molar-refractivity contribution is -0.127. The van der Waals surface area contributed by atoms with Gasteiger partial charge in [0.15, 0.2) is 0 Å². The number of hydrogen-bond donors (Lipinski definition) is 3. The first-order valence-corrected chi connectivity index (χ1v) is 9.12. The molecule has 2 rings (SSSR count). The third-order valence-corrected chi connectivity index (χ3v) is 4.25. The minimum absolute atomic E-state index is 0.0200. The topological polar surface area (TPSA) is 96.5 Å². The SMILES string of the molecule is C[C@H](NC(=O)C(C)(C)NC(=O)OC(C)(C)C)c1ccc2c(c1)CCC(=O)N2. The maximum absolute atomic E-state index is 12.6. The van der Waals surface area contributed by atoms with Crippen molar-refractivity contribution in [1.82, 2.24) is 10.6 Å². The van der Waals surface area contributed by atoms with Crippen LogP contribution >= 0.6 is 0 Å². The van der Waals surface area contributed by atoms with E-state index >= 15 is 0 Å². The van der Waals surface area contributed by atoms with E-state index in [2.05, 4.69) is 16.0 Å². The third-order valence-electron chi connectivity index (χ3n) is 4.25. The maximum atomic E-state index is 12.6. The summed E-state index contributed by atoms with van der Waals surface area (Å²) in [7, 11) is 0. The Labute approximate surface area is 160 Å². The Morgan fingerprint density at radius 3 is 2.44 bits per heavy atom. The molecule has 7 heteroatoms. The van der Waals surface area contributed by atoms with Crippen molar-refractivity contribution >= 4 is 23.6 Å². The Balaban J connectivity index is 2.02. The molecule has 1 aliphatic rings. The molecule has 0 aliphatic carbocycles. The van der Waals surface area contributed by atoms with Crippen molar-refractivity contribution in [3.05, 3.63) is 29.3 Å². The Bertz CT molecular complexity index is 750. The molecule has 0 aromatic heterocycles. The van der Waals surface area contributed by atoms with E-state index < -0.39 is 17.2 Å². The highest BCUT2D eigenvalue weighted by atomic mass is 16.6. The number of alkyl carbamates (subject to hydrolysis) is 1. The molecule has 1 heterocycles. The first-order valence-electron chi connectivity index (χ1n) is 9.12. The number of nitrogens with one attached hydrogen (secondary N) is 3. The number of carbonyl (C=O) groups excluding carboxylic acids is 3. The highest BCUT2D eigenvalue weighted by Crippen LogP contribution is 2.26. The molecule has 27 heavy (non-hydrogen) atoms. The van der Waals surface area contributed by atoms with Gasteiger partial charge in [-0.3, -0.25) is 9.59 Å². The Hall–Kier alpha value is -2.57. The van der Waals surface area contributed by atoms with Crippen LogP contribution in [0.4, 0.5) is 10.5 Å². The summed E-state index contributed by atoms with van der Waals surface area (Å²) in [6, 6.07) is 5.48. The van der Waals surface area contributed by atoms with Crippen LogP contribution in [0.1, 0.15) is 65.1 Å². The van der Waals surface area contributed by atoms with Gasteiger partial charge in [0.2, 0.25) is 11.8 Å². The van der Waals surface area contributed by atoms with Gasteiger partial charge >= 0.3 is 6.09 Å². The summed E-state index contributed by atoms with van der Waals surface area (Å²) >= 11 is 0. The van der Waals surface area contributed by atoms with Crippen molar-refractivity contribution in [2.45, 2.75) is 71.6 Å². The fraction of sp³-hybridized carbons (Fsp3) is 0.550. The molecule has 7 nitrogen and oxygen atoms in total. The van der Waals surface area contributed by atoms with Crippen LogP contribution in [0.3, 0.4) is 0 Å². The summed E-state index contributed by atoms with van der Waals surface area (Å²) in [6.07, 6.45) is 0.505. The van der Waals surface area contributed by atoms with E-state index in [4.69, 9.17) is 4.74 Å². The van der Waals surface area contributed by atoms with Gasteiger partial charge in [0, 0.05) is 12.1 Å². The van der Waals surface area contributed by atoms with E-state index in [0.29, 0.717) is 12.8 Å². The third kappa shape index (κ3) is 5.70. The normalized spacial score (nSPS) is 15.3. The van der Waals surface area contributed by atoms with Gasteiger partial charge in [-0.1, -0.05) is 12.1 Å². The first kappa shape index (κ1) is 20.7. The molecule has 0 bridgehead atoms. The summed E-state index contributed by atoms with van der Waals surface area (Å²) in [6.45, 7) is 10.4. The van der Waals surface area contributed by atoms with Crippen molar-refractivity contribution in [1.29, 1.82) is 0 Å². The number of ether oxygens (including phenoxy) is 1. The van der Waals surface area contributed by atoms with E-state index in [1.807, 2.05) is 25.1 Å². The average Bonchev–Trinajstić information content (AvgIpc) is 2.51. The first-order chi connectivity index (χ1) is 12.4. The van der Waals surface area contributed by atoms with Gasteiger partial charge in [-0.05, 0) is 65.2 Å². The van der Waals surface area contributed by atoms with Crippen LogP contribution in [0.15, 0.2) is 18.2 Å². The second-order valence-corrected chi connectivity index (χ2v) is 8.41. The van der Waals surface area contributed by atoms with E-state index in [9.17, 15) is 14.4 Å². The van der Waals surface area contributed by atoms with Crippen molar-refractivity contribution in [2.75, 3.05) is 5.32 Å². The molecule has 0 fully saturated rings. The summed E-state index contributed by atoms with van der Waals surface area (Å²) in [4.78, 5) is 36.1. The van der Waals surface area contributed by atoms with Gasteiger partial charge in [-0.15, -0.1) is 0 Å². The number of aryl methyl sites for hydroxylation is 1. The zero-order valence-electron chi connectivity index (χ0n) is 16.9. The summed E-state index contributed by atoms with van der Waals surface area (Å²) in [5.74, 6) is -0.293. The van der Waals surface area contributed by atoms with Gasteiger partial charge in [0.25, 0.3) is 0 Å². The zero-order chi connectivity index (χ0) is 20.4. The molecular weight excluding hydrogens is 346 g/mol. The monoisotopic (exact) mass is 375 g/mol. The molecule has 0 saturated heterocycles. The minimum atomic E-state index is -1.13. The molecule has 0 spiro atoms. The minimum Gasteiger partial charge on any atom is -0.444 e. The maximum Gasteiger partial charge on any atom is 0.408 e. The molecule has 3 N–H and O–H groups in total. The van der Waals surface area contributed by atoms with Gasteiger partial charge in [0.05, 0.1) is 6.04 Å². The largest absolute Gasteiger partial charge is 0.444 e. The van der Waals surface area contributed by atoms with E-state index in [-0.39, 0.29) is 17.9 Å². The highest BCUT2D eigenvalue weighted by Gasteiger charge is 2.32. The summed E-state index contributed by atoms with van der Waals surface area (Å²) in [5, 5.41) is 8.37. The van der Waals surface area contributed by atoms with Gasteiger partial charge in [-0.2, -0.15) is 0 Å². The van der Waals surface area contributed by atoms with Crippen LogP contribution in [-0.4, -0.2) is 29.0 Å². The van der Waals surface area contributed by atoms with Gasteiger partial charge in [-0.25, -0.2) is 4.79 Å². The molecule has 1 aromatic carbocycles. The van der Waals surface area contributed by atoms with Crippen molar-refractivity contribution < 1.29 is 19.1 Å². The zero-order valence-corrected chi connectivity index (χ0v) is 16.9. The smallest absolute Gasteiger partial charge is 0.408 e. The Kier molecular flexibility index (Phi) is 5.82. The van der Waals surface area contributed by atoms with Gasteiger partial charge in [0.1, 0.15) is 11.1 Å². The van der Waals surface area contributed by atoms with Crippen LogP contribution in [-0.2, 0) is 20.7 Å². The Morgan fingerprint density at radius 1 is 1.15 bits per heavy atom. The lowest BCUT2D eigenvalue weighted by Gasteiger charge is -2.29. The number of carbonyl (C=O) groups is 3. The molecule has 1 aliphatic heterocycles. The number of fused-ring (bicyclic) bond motifs is 1. The summed E-state index contributed by atoms with van der Waals surface area (Å²) in [5.41, 5.74) is 1.05. The average molecular weight is 375 g/mol. The van der Waals surface area contributed by atoms with Crippen LogP contribution in [0.5, 0.6) is 0 Å². The second-order valence-electron chi connectivity index (χ2n) is 8.41. The summed E-state index contributed by atoms with van der Waals surface area (Å²) < 4.78 is 5.22. The quantitative estimate of drug-likeness (QED) is 0.753.